The zero-order chi connectivity index (χ0) is 15.6. The number of thiazole rings is 1. The van der Waals surface area contributed by atoms with Crippen LogP contribution in [0.1, 0.15) is 5.56 Å². The fraction of sp³-hybridized carbons (Fsp3) is 0.0625. The molecule has 0 aliphatic carbocycles. The lowest BCUT2D eigenvalue weighted by Crippen LogP contribution is -1.99. The largest absolute Gasteiger partial charge is 0.508 e. The average molecular weight is 323 g/mol. The molecule has 0 saturated heterocycles. The zero-order valence-corrected chi connectivity index (χ0v) is 12.9. The van der Waals surface area contributed by atoms with Crippen LogP contribution in [0.25, 0.3) is 10.2 Å². The third-order valence-corrected chi connectivity index (χ3v) is 4.32. The van der Waals surface area contributed by atoms with E-state index in [1.807, 2.05) is 30.3 Å². The summed E-state index contributed by atoms with van der Waals surface area (Å²) in [5, 5.41) is 17.7. The van der Waals surface area contributed by atoms with Crippen molar-refractivity contribution in [3.8, 4) is 5.75 Å². The van der Waals surface area contributed by atoms with Gasteiger partial charge in [0.2, 0.25) is 0 Å². The van der Waals surface area contributed by atoms with Crippen molar-refractivity contribution in [1.29, 1.82) is 0 Å². The van der Waals surface area contributed by atoms with Crippen LogP contribution in [-0.4, -0.2) is 24.9 Å². The van der Waals surface area contributed by atoms with Gasteiger partial charge in [-0.25, -0.2) is 14.6 Å². The Labute approximate surface area is 136 Å². The molecule has 0 spiro atoms. The number of fused-ring (bicyclic) bond motifs is 1. The Morgan fingerprint density at radius 2 is 2.00 bits per heavy atom. The minimum atomic E-state index is 0.255. The van der Waals surface area contributed by atoms with Gasteiger partial charge in [-0.3, -0.25) is 0 Å². The van der Waals surface area contributed by atoms with E-state index in [-0.39, 0.29) is 5.75 Å². The highest BCUT2D eigenvalue weighted by atomic mass is 32.1. The molecule has 2 aromatic carbocycles. The Bertz CT molecular complexity index is 931. The minimum absolute atomic E-state index is 0.255. The number of aromatic hydroxyl groups is 1. The monoisotopic (exact) mass is 323 g/mol. The highest BCUT2D eigenvalue weighted by molar-refractivity contribution is 7.22. The third kappa shape index (κ3) is 3.00. The van der Waals surface area contributed by atoms with Gasteiger partial charge >= 0.3 is 0 Å². The van der Waals surface area contributed by atoms with Crippen molar-refractivity contribution in [3.63, 3.8) is 0 Å². The van der Waals surface area contributed by atoms with Crippen LogP contribution in [0.4, 0.5) is 10.8 Å². The molecule has 0 saturated carbocycles. The van der Waals surface area contributed by atoms with Crippen molar-refractivity contribution < 1.29 is 5.11 Å². The van der Waals surface area contributed by atoms with Crippen molar-refractivity contribution in [1.82, 2.24) is 19.7 Å². The molecule has 4 aromatic rings. The summed E-state index contributed by atoms with van der Waals surface area (Å²) >= 11 is 1.51. The van der Waals surface area contributed by atoms with Gasteiger partial charge in [0.1, 0.15) is 18.4 Å². The van der Waals surface area contributed by atoms with E-state index in [9.17, 15) is 5.11 Å². The van der Waals surface area contributed by atoms with Crippen LogP contribution in [0.5, 0.6) is 5.75 Å². The Balaban J connectivity index is 1.51. The first-order valence-corrected chi connectivity index (χ1v) is 7.86. The molecule has 2 N–H and O–H groups in total. The van der Waals surface area contributed by atoms with Gasteiger partial charge < -0.3 is 10.4 Å². The summed E-state index contributed by atoms with van der Waals surface area (Å²) in [5.74, 6) is 0.255. The van der Waals surface area contributed by atoms with E-state index in [0.717, 1.165) is 26.6 Å². The van der Waals surface area contributed by atoms with Crippen molar-refractivity contribution in [3.05, 3.63) is 60.7 Å². The molecule has 0 fully saturated rings. The minimum Gasteiger partial charge on any atom is -0.508 e. The summed E-state index contributed by atoms with van der Waals surface area (Å²) in [6, 6.07) is 13.3. The fourth-order valence-electron chi connectivity index (χ4n) is 2.29. The van der Waals surface area contributed by atoms with Crippen LogP contribution in [-0.2, 0) is 6.54 Å². The Morgan fingerprint density at radius 1 is 1.13 bits per heavy atom. The van der Waals surface area contributed by atoms with E-state index in [1.54, 1.807) is 23.1 Å². The molecule has 2 aromatic heterocycles. The summed E-state index contributed by atoms with van der Waals surface area (Å²) in [6.07, 6.45) is 3.23. The van der Waals surface area contributed by atoms with Crippen molar-refractivity contribution in [2.24, 2.45) is 0 Å². The molecule has 7 heteroatoms. The number of hydrogen-bond acceptors (Lipinski definition) is 6. The molecule has 0 atom stereocenters. The molecule has 0 unspecified atom stereocenters. The molecule has 2 heterocycles. The molecule has 0 aliphatic heterocycles. The van der Waals surface area contributed by atoms with Crippen molar-refractivity contribution in [2.75, 3.05) is 5.32 Å². The smallest absolute Gasteiger partial charge is 0.188 e. The van der Waals surface area contributed by atoms with Crippen LogP contribution in [0.2, 0.25) is 0 Å². The van der Waals surface area contributed by atoms with Crippen LogP contribution in [0.15, 0.2) is 55.1 Å². The molecule has 0 amide bonds. The molecule has 4 rings (SSSR count). The van der Waals surface area contributed by atoms with E-state index >= 15 is 0 Å². The summed E-state index contributed by atoms with van der Waals surface area (Å²) in [6.45, 7) is 0.695. The Kier molecular flexibility index (Phi) is 3.39. The lowest BCUT2D eigenvalue weighted by atomic mass is 10.2. The van der Waals surface area contributed by atoms with Gasteiger partial charge in [-0.2, -0.15) is 5.10 Å². The maximum Gasteiger partial charge on any atom is 0.188 e. The normalized spacial score (nSPS) is 11.0. The van der Waals surface area contributed by atoms with Crippen LogP contribution in [0, 0.1) is 0 Å². The predicted octanol–water partition coefficient (Wildman–Crippen LogP) is 3.39. The molecule has 114 valence electrons. The maximum absolute atomic E-state index is 9.51. The zero-order valence-electron chi connectivity index (χ0n) is 12.0. The van der Waals surface area contributed by atoms with E-state index < -0.39 is 0 Å². The van der Waals surface area contributed by atoms with E-state index in [4.69, 9.17) is 0 Å². The van der Waals surface area contributed by atoms with E-state index in [2.05, 4.69) is 20.4 Å². The maximum atomic E-state index is 9.51. The van der Waals surface area contributed by atoms with Gasteiger partial charge in [0.05, 0.1) is 16.8 Å². The van der Waals surface area contributed by atoms with Gasteiger partial charge in [-0.05, 0) is 35.9 Å². The van der Waals surface area contributed by atoms with Gasteiger partial charge in [0.15, 0.2) is 5.13 Å². The van der Waals surface area contributed by atoms with Crippen molar-refractivity contribution >= 4 is 32.4 Å². The first kappa shape index (κ1) is 13.7. The number of phenols is 1. The number of nitrogens with zero attached hydrogens (tertiary/aromatic N) is 4. The second kappa shape index (κ2) is 5.69. The number of aromatic nitrogens is 4. The average Bonchev–Trinajstić information content (AvgIpc) is 3.18. The number of benzene rings is 2. The predicted molar refractivity (Wildman–Crippen MR) is 90.1 cm³/mol. The van der Waals surface area contributed by atoms with Crippen LogP contribution >= 0.6 is 11.3 Å². The quantitative estimate of drug-likeness (QED) is 0.602. The fourth-order valence-corrected chi connectivity index (χ4v) is 3.20. The first-order valence-electron chi connectivity index (χ1n) is 7.04. The van der Waals surface area contributed by atoms with E-state index in [1.165, 1.54) is 17.7 Å². The Morgan fingerprint density at radius 3 is 2.78 bits per heavy atom. The number of hydrogen-bond donors (Lipinski definition) is 2. The molecule has 0 aliphatic rings. The molecular weight excluding hydrogens is 310 g/mol. The lowest BCUT2D eigenvalue weighted by molar-refractivity contribution is 0.476. The number of anilines is 2. The number of rotatable bonds is 4. The molecule has 0 bridgehead atoms. The topological polar surface area (TPSA) is 75.9 Å². The molecule has 6 nitrogen and oxygen atoms in total. The van der Waals surface area contributed by atoms with Crippen molar-refractivity contribution in [2.45, 2.75) is 6.54 Å². The summed E-state index contributed by atoms with van der Waals surface area (Å²) < 4.78 is 2.73. The second-order valence-corrected chi connectivity index (χ2v) is 6.12. The van der Waals surface area contributed by atoms with Crippen LogP contribution < -0.4 is 5.32 Å². The molecular formula is C16H13N5OS. The highest BCUT2D eigenvalue weighted by Gasteiger charge is 2.05. The summed E-state index contributed by atoms with van der Waals surface area (Å²) in [5.41, 5.74) is 2.99. The second-order valence-electron chi connectivity index (χ2n) is 5.09. The van der Waals surface area contributed by atoms with Crippen LogP contribution in [0.3, 0.4) is 0 Å². The SMILES string of the molecule is Oc1ccc2nc(Nc3ccc(Cn4cncn4)cc3)sc2c1. The third-order valence-electron chi connectivity index (χ3n) is 3.39. The first-order chi connectivity index (χ1) is 11.3. The lowest BCUT2D eigenvalue weighted by Gasteiger charge is -2.05. The standard InChI is InChI=1S/C16H13N5OS/c22-13-5-6-14-15(7-13)23-16(20-14)19-12-3-1-11(2-4-12)8-21-10-17-9-18-21/h1-7,9-10,22H,8H2,(H,19,20). The molecule has 0 radical (unpaired) electrons. The summed E-state index contributed by atoms with van der Waals surface area (Å²) in [4.78, 5) is 8.44. The van der Waals surface area contributed by atoms with Gasteiger partial charge in [0.25, 0.3) is 0 Å². The number of nitrogens with one attached hydrogen (secondary N) is 1. The Hall–Kier alpha value is -2.93. The number of phenolic OH excluding ortho intramolecular Hbond substituents is 1. The van der Waals surface area contributed by atoms with Gasteiger partial charge in [-0.1, -0.05) is 23.5 Å². The summed E-state index contributed by atoms with van der Waals surface area (Å²) in [7, 11) is 0. The molecule has 23 heavy (non-hydrogen) atoms. The van der Waals surface area contributed by atoms with E-state index in [0.29, 0.717) is 6.54 Å². The van der Waals surface area contributed by atoms with Gasteiger partial charge in [-0.15, -0.1) is 0 Å². The van der Waals surface area contributed by atoms with Gasteiger partial charge in [0, 0.05) is 5.69 Å². The highest BCUT2D eigenvalue weighted by Crippen LogP contribution is 2.30.